The number of nitrogens with zero attached hydrogens (tertiary/aromatic N) is 1. The van der Waals surface area contributed by atoms with E-state index < -0.39 is 16.1 Å². The molecule has 2 aromatic carbocycles. The number of rotatable bonds is 3. The Hall–Kier alpha value is -2.05. The lowest BCUT2D eigenvalue weighted by Gasteiger charge is -2.34. The van der Waals surface area contributed by atoms with Crippen LogP contribution in [0, 0.1) is 0 Å². The van der Waals surface area contributed by atoms with Crippen molar-refractivity contribution in [3.05, 3.63) is 54.6 Å². The van der Waals surface area contributed by atoms with Gasteiger partial charge in [-0.2, -0.15) is 0 Å². The molecule has 1 aliphatic heterocycles. The Balaban J connectivity index is 2.09. The monoisotopic (exact) mass is 305 g/mol. The average Bonchev–Trinajstić information content (AvgIpc) is 2.54. The minimum atomic E-state index is -3.68. The molecule has 110 valence electrons. The molecule has 1 unspecified atom stereocenters. The predicted molar refractivity (Wildman–Crippen MR) is 78.9 cm³/mol. The summed E-state index contributed by atoms with van der Waals surface area (Å²) in [7, 11) is -3.68. The minimum Gasteiger partial charge on any atom is -0.484 e. The second-order valence-corrected chi connectivity index (χ2v) is 6.60. The molecular formula is C15H15NO4S. The van der Waals surface area contributed by atoms with Crippen LogP contribution in [0.5, 0.6) is 5.75 Å². The molecule has 0 aromatic heterocycles. The van der Waals surface area contributed by atoms with Crippen molar-refractivity contribution >= 4 is 15.7 Å². The number of aliphatic hydroxyl groups excluding tert-OH is 1. The van der Waals surface area contributed by atoms with Gasteiger partial charge in [0.1, 0.15) is 11.9 Å². The molecule has 5 nitrogen and oxygen atoms in total. The molecule has 1 heterocycles. The van der Waals surface area contributed by atoms with Crippen molar-refractivity contribution in [2.45, 2.75) is 11.0 Å². The standard InChI is InChI=1S/C15H15NO4S/c17-11-12-10-16(14-8-4-5-9-15(14)20-12)21(18,19)13-6-2-1-3-7-13/h1-9,12,17H,10-11H2. The van der Waals surface area contributed by atoms with Crippen LogP contribution < -0.4 is 9.04 Å². The third-order valence-corrected chi connectivity index (χ3v) is 5.13. The van der Waals surface area contributed by atoms with Crippen molar-refractivity contribution in [2.24, 2.45) is 0 Å². The van der Waals surface area contributed by atoms with Gasteiger partial charge in [-0.25, -0.2) is 8.42 Å². The number of anilines is 1. The fourth-order valence-electron chi connectivity index (χ4n) is 2.31. The zero-order valence-corrected chi connectivity index (χ0v) is 12.0. The molecule has 0 aliphatic carbocycles. The van der Waals surface area contributed by atoms with Crippen molar-refractivity contribution in [1.82, 2.24) is 0 Å². The number of para-hydroxylation sites is 2. The highest BCUT2D eigenvalue weighted by molar-refractivity contribution is 7.92. The molecular weight excluding hydrogens is 290 g/mol. The molecule has 21 heavy (non-hydrogen) atoms. The van der Waals surface area contributed by atoms with Crippen molar-refractivity contribution in [1.29, 1.82) is 0 Å². The number of hydrogen-bond donors (Lipinski definition) is 1. The molecule has 1 N–H and O–H groups in total. The maximum atomic E-state index is 12.8. The first-order chi connectivity index (χ1) is 10.1. The Morgan fingerprint density at radius 3 is 2.48 bits per heavy atom. The smallest absolute Gasteiger partial charge is 0.264 e. The van der Waals surface area contributed by atoms with Gasteiger partial charge in [0, 0.05) is 0 Å². The van der Waals surface area contributed by atoms with E-state index in [9.17, 15) is 13.5 Å². The van der Waals surface area contributed by atoms with Crippen LogP contribution in [0.4, 0.5) is 5.69 Å². The number of sulfonamides is 1. The summed E-state index contributed by atoms with van der Waals surface area (Å²) in [6.45, 7) is -0.153. The molecule has 0 radical (unpaired) electrons. The molecule has 0 saturated heterocycles. The van der Waals surface area contributed by atoms with Crippen molar-refractivity contribution in [3.63, 3.8) is 0 Å². The highest BCUT2D eigenvalue weighted by Gasteiger charge is 2.33. The first-order valence-electron chi connectivity index (χ1n) is 6.57. The molecule has 3 rings (SSSR count). The molecule has 1 aliphatic rings. The number of fused-ring (bicyclic) bond motifs is 1. The van der Waals surface area contributed by atoms with Gasteiger partial charge in [0.25, 0.3) is 10.0 Å². The summed E-state index contributed by atoms with van der Waals surface area (Å²) >= 11 is 0. The maximum Gasteiger partial charge on any atom is 0.264 e. The Labute approximate surface area is 123 Å². The molecule has 0 spiro atoms. The van der Waals surface area contributed by atoms with E-state index in [1.807, 2.05) is 0 Å². The largest absolute Gasteiger partial charge is 0.484 e. The Bertz CT molecular complexity index is 730. The zero-order valence-electron chi connectivity index (χ0n) is 11.2. The van der Waals surface area contributed by atoms with Gasteiger partial charge in [-0.15, -0.1) is 0 Å². The van der Waals surface area contributed by atoms with Gasteiger partial charge in [0.2, 0.25) is 0 Å². The van der Waals surface area contributed by atoms with E-state index in [0.29, 0.717) is 11.4 Å². The van der Waals surface area contributed by atoms with E-state index in [1.165, 1.54) is 4.31 Å². The Morgan fingerprint density at radius 1 is 1.10 bits per heavy atom. The highest BCUT2D eigenvalue weighted by atomic mass is 32.2. The van der Waals surface area contributed by atoms with Crippen LogP contribution in [0.15, 0.2) is 59.5 Å². The summed E-state index contributed by atoms with van der Waals surface area (Å²) in [6.07, 6.45) is -0.571. The van der Waals surface area contributed by atoms with Crippen LogP contribution in [0.2, 0.25) is 0 Å². The van der Waals surface area contributed by atoms with Crippen LogP contribution in [0.3, 0.4) is 0 Å². The summed E-state index contributed by atoms with van der Waals surface area (Å²) < 4.78 is 32.5. The molecule has 0 bridgehead atoms. The van der Waals surface area contributed by atoms with Gasteiger partial charge in [0.05, 0.1) is 23.7 Å². The van der Waals surface area contributed by atoms with Crippen LogP contribution in [0.1, 0.15) is 0 Å². The van der Waals surface area contributed by atoms with Gasteiger partial charge in [-0.1, -0.05) is 30.3 Å². The summed E-state index contributed by atoms with van der Waals surface area (Å²) in [5.74, 6) is 0.460. The van der Waals surface area contributed by atoms with Crippen molar-refractivity contribution < 1.29 is 18.3 Å². The van der Waals surface area contributed by atoms with Gasteiger partial charge in [-0.05, 0) is 24.3 Å². The van der Waals surface area contributed by atoms with E-state index in [-0.39, 0.29) is 18.0 Å². The molecule has 6 heteroatoms. The minimum absolute atomic E-state index is 0.0880. The van der Waals surface area contributed by atoms with Crippen molar-refractivity contribution in [3.8, 4) is 5.75 Å². The number of benzene rings is 2. The summed E-state index contributed by atoms with van der Waals surface area (Å²) in [5.41, 5.74) is 0.492. The second-order valence-electron chi connectivity index (χ2n) is 4.74. The second kappa shape index (κ2) is 5.38. The summed E-state index contributed by atoms with van der Waals surface area (Å²) in [5, 5.41) is 9.32. The first-order valence-corrected chi connectivity index (χ1v) is 8.01. The molecule has 1 atom stereocenters. The third-order valence-electron chi connectivity index (χ3n) is 3.33. The van der Waals surface area contributed by atoms with Gasteiger partial charge < -0.3 is 9.84 Å². The molecule has 0 saturated carbocycles. The average molecular weight is 305 g/mol. The quantitative estimate of drug-likeness (QED) is 0.936. The first kappa shape index (κ1) is 13.9. The zero-order chi connectivity index (χ0) is 14.9. The fourth-order valence-corrected chi connectivity index (χ4v) is 3.83. The SMILES string of the molecule is O=S(=O)(c1ccccc1)N1CC(CO)Oc2ccccc21. The molecule has 0 fully saturated rings. The van der Waals surface area contributed by atoms with Crippen LogP contribution in [-0.2, 0) is 10.0 Å². The summed E-state index contributed by atoms with van der Waals surface area (Å²) in [6, 6.07) is 15.2. The lowest BCUT2D eigenvalue weighted by atomic mass is 10.2. The van der Waals surface area contributed by atoms with E-state index in [1.54, 1.807) is 54.6 Å². The maximum absolute atomic E-state index is 12.8. The lowest BCUT2D eigenvalue weighted by Crippen LogP contribution is -2.45. The molecule has 0 amide bonds. The Kier molecular flexibility index (Phi) is 3.57. The third kappa shape index (κ3) is 2.48. The van der Waals surface area contributed by atoms with Gasteiger partial charge in [0.15, 0.2) is 0 Å². The van der Waals surface area contributed by atoms with E-state index in [4.69, 9.17) is 4.74 Å². The number of aliphatic hydroxyl groups is 1. The fraction of sp³-hybridized carbons (Fsp3) is 0.200. The van der Waals surface area contributed by atoms with Crippen LogP contribution >= 0.6 is 0 Å². The lowest BCUT2D eigenvalue weighted by molar-refractivity contribution is 0.116. The highest BCUT2D eigenvalue weighted by Crippen LogP contribution is 2.36. The van der Waals surface area contributed by atoms with Crippen molar-refractivity contribution in [2.75, 3.05) is 17.5 Å². The van der Waals surface area contributed by atoms with E-state index in [0.717, 1.165) is 0 Å². The topological polar surface area (TPSA) is 66.8 Å². The Morgan fingerprint density at radius 2 is 1.76 bits per heavy atom. The van der Waals surface area contributed by atoms with Gasteiger partial charge in [-0.3, -0.25) is 4.31 Å². The van der Waals surface area contributed by atoms with Gasteiger partial charge >= 0.3 is 0 Å². The molecule has 2 aromatic rings. The normalized spacial score (nSPS) is 18.0. The van der Waals surface area contributed by atoms with E-state index in [2.05, 4.69) is 0 Å². The van der Waals surface area contributed by atoms with Crippen LogP contribution in [0.25, 0.3) is 0 Å². The van der Waals surface area contributed by atoms with Crippen LogP contribution in [-0.4, -0.2) is 32.8 Å². The predicted octanol–water partition coefficient (Wildman–Crippen LogP) is 1.64. The number of hydrogen-bond acceptors (Lipinski definition) is 4. The summed E-state index contributed by atoms with van der Waals surface area (Å²) in [4.78, 5) is 0.221. The van der Waals surface area contributed by atoms with E-state index >= 15 is 0 Å². The number of ether oxygens (including phenoxy) is 1.